The van der Waals surface area contributed by atoms with Gasteiger partial charge in [-0.05, 0) is 11.0 Å². The number of β-lactam (4-membered cyclic amide) rings is 1. The number of hydrogen-bond donors (Lipinski definition) is 4. The molecule has 10 nitrogen and oxygen atoms in total. The maximum atomic E-state index is 12.7. The van der Waals surface area contributed by atoms with Crippen LogP contribution in [-0.2, 0) is 20.8 Å². The zero-order valence-electron chi connectivity index (χ0n) is 15.5. The van der Waals surface area contributed by atoms with Crippen molar-refractivity contribution >= 4 is 64.1 Å². The number of carboxylic acid groups (broad SMARTS) is 1. The molecule has 1 unspecified atom stereocenters. The number of nitrogens with zero attached hydrogens (tertiary/aromatic N) is 3. The molecule has 5 N–H and O–H groups in total. The number of nitrogens with one attached hydrogen (secondary N) is 2. The van der Waals surface area contributed by atoms with Crippen LogP contribution in [0.2, 0.25) is 0 Å². The summed E-state index contributed by atoms with van der Waals surface area (Å²) in [6, 6.07) is -0.755. The lowest BCUT2D eigenvalue weighted by Gasteiger charge is -2.49. The summed E-state index contributed by atoms with van der Waals surface area (Å²) in [5.41, 5.74) is 7.12. The Morgan fingerprint density at radius 2 is 2.33 bits per heavy atom. The molecule has 0 aliphatic carbocycles. The van der Waals surface area contributed by atoms with Gasteiger partial charge < -0.3 is 21.5 Å². The third-order valence-corrected chi connectivity index (χ3v) is 7.80. The number of thioether (sulfide) groups is 2. The molecule has 13 heteroatoms. The van der Waals surface area contributed by atoms with Crippen molar-refractivity contribution in [2.75, 3.05) is 24.6 Å². The standard InChI is InChI=1S/C17H18N6O4S3/c18-17-21-9(5-30-17)1-11(24)22-12-14(25)23-13(16(26)27)10(6-29-15(12)23)28-4-8-2-19-7-20-3-8/h4-5,7,12,15H,1-3,6H2,(H2,18,21)(H,19,20)(H,22,24)(H,26,27)/t12?,15-/m1/s1. The summed E-state index contributed by atoms with van der Waals surface area (Å²) < 4.78 is 0. The number of aliphatic carboxylic acids is 1. The van der Waals surface area contributed by atoms with Crippen LogP contribution in [-0.4, -0.2) is 69.4 Å². The van der Waals surface area contributed by atoms with E-state index in [4.69, 9.17) is 5.73 Å². The molecule has 0 aromatic carbocycles. The fourth-order valence-corrected chi connectivity index (χ4v) is 6.16. The number of aliphatic imine (C=N–C) groups is 1. The maximum absolute atomic E-state index is 12.7. The molecule has 4 heterocycles. The second kappa shape index (κ2) is 8.70. The first kappa shape index (κ1) is 20.8. The van der Waals surface area contributed by atoms with Crippen LogP contribution in [0.3, 0.4) is 0 Å². The molecule has 2 atom stereocenters. The van der Waals surface area contributed by atoms with Gasteiger partial charge in [-0.3, -0.25) is 19.5 Å². The van der Waals surface area contributed by atoms with Gasteiger partial charge in [0.05, 0.1) is 25.0 Å². The molecule has 2 amide bonds. The van der Waals surface area contributed by atoms with E-state index in [1.54, 1.807) is 11.7 Å². The molecule has 1 saturated heterocycles. The molecule has 0 bridgehead atoms. The number of nitrogens with two attached hydrogens (primary N) is 1. The third kappa shape index (κ3) is 4.18. The topological polar surface area (TPSA) is 150 Å². The van der Waals surface area contributed by atoms with Crippen LogP contribution in [0.4, 0.5) is 5.13 Å². The maximum Gasteiger partial charge on any atom is 0.353 e. The minimum absolute atomic E-state index is 0.0156. The predicted molar refractivity (Wildman–Crippen MR) is 117 cm³/mol. The quantitative estimate of drug-likeness (QED) is 0.432. The Morgan fingerprint density at radius 3 is 3.00 bits per heavy atom. The Morgan fingerprint density at radius 1 is 1.50 bits per heavy atom. The van der Waals surface area contributed by atoms with Gasteiger partial charge in [0.25, 0.3) is 5.91 Å². The van der Waals surface area contributed by atoms with Crippen molar-refractivity contribution in [3.63, 3.8) is 0 Å². The number of amides is 2. The van der Waals surface area contributed by atoms with Crippen LogP contribution in [0, 0.1) is 0 Å². The average molecular weight is 467 g/mol. The number of anilines is 1. The summed E-state index contributed by atoms with van der Waals surface area (Å²) in [7, 11) is 0. The van der Waals surface area contributed by atoms with Crippen molar-refractivity contribution < 1.29 is 19.5 Å². The fourth-order valence-electron chi connectivity index (χ4n) is 3.17. The molecular weight excluding hydrogens is 448 g/mol. The van der Waals surface area contributed by atoms with Crippen LogP contribution >= 0.6 is 34.9 Å². The SMILES string of the molecule is Nc1nc(CC(=O)NC2C(=O)N3C(C(=O)O)=C(SC=C4CN=CNC4)CS[C@H]23)cs1. The van der Waals surface area contributed by atoms with Crippen molar-refractivity contribution in [1.29, 1.82) is 0 Å². The summed E-state index contributed by atoms with van der Waals surface area (Å²) in [6.45, 7) is 1.22. The van der Waals surface area contributed by atoms with E-state index >= 15 is 0 Å². The number of rotatable bonds is 6. The van der Waals surface area contributed by atoms with Crippen molar-refractivity contribution in [3.05, 3.63) is 32.7 Å². The minimum Gasteiger partial charge on any atom is -0.477 e. The number of carbonyl (C=O) groups excluding carboxylic acids is 2. The first-order valence-corrected chi connectivity index (χ1v) is 11.7. The molecule has 4 rings (SSSR count). The van der Waals surface area contributed by atoms with Crippen LogP contribution in [0.15, 0.2) is 32.0 Å². The Kier molecular flexibility index (Phi) is 6.01. The van der Waals surface area contributed by atoms with Gasteiger partial charge in [0.15, 0.2) is 5.13 Å². The summed E-state index contributed by atoms with van der Waals surface area (Å²) >= 11 is 3.98. The number of hydrogen-bond acceptors (Lipinski definition) is 10. The highest BCUT2D eigenvalue weighted by Gasteiger charge is 2.54. The number of aromatic nitrogens is 1. The molecule has 3 aliphatic heterocycles. The van der Waals surface area contributed by atoms with Crippen LogP contribution in [0.25, 0.3) is 0 Å². The Balaban J connectivity index is 1.44. The average Bonchev–Trinajstić information content (AvgIpc) is 3.14. The van der Waals surface area contributed by atoms with E-state index in [2.05, 4.69) is 20.6 Å². The van der Waals surface area contributed by atoms with Crippen LogP contribution in [0.5, 0.6) is 0 Å². The van der Waals surface area contributed by atoms with Crippen LogP contribution in [0.1, 0.15) is 5.69 Å². The summed E-state index contributed by atoms with van der Waals surface area (Å²) in [5.74, 6) is -1.49. The van der Waals surface area contributed by atoms with E-state index in [0.717, 1.165) is 5.57 Å². The lowest BCUT2D eigenvalue weighted by molar-refractivity contribution is -0.150. The van der Waals surface area contributed by atoms with Crippen LogP contribution < -0.4 is 16.4 Å². The highest BCUT2D eigenvalue weighted by atomic mass is 32.2. The Hall–Kier alpha value is -2.51. The van der Waals surface area contributed by atoms with Gasteiger partial charge in [0.1, 0.15) is 17.1 Å². The van der Waals surface area contributed by atoms with Gasteiger partial charge in [-0.25, -0.2) is 9.78 Å². The van der Waals surface area contributed by atoms with Crippen molar-refractivity contribution in [2.24, 2.45) is 4.99 Å². The van der Waals surface area contributed by atoms with E-state index in [0.29, 0.717) is 34.6 Å². The molecule has 3 aliphatic rings. The molecular formula is C17H18N6O4S3. The molecule has 30 heavy (non-hydrogen) atoms. The Labute approximate surface area is 184 Å². The first-order chi connectivity index (χ1) is 14.4. The molecule has 1 fully saturated rings. The van der Waals surface area contributed by atoms with Gasteiger partial charge in [-0.15, -0.1) is 23.1 Å². The van der Waals surface area contributed by atoms with E-state index in [-0.39, 0.29) is 18.0 Å². The molecule has 0 spiro atoms. The molecule has 1 aromatic heterocycles. The van der Waals surface area contributed by atoms with E-state index in [1.807, 2.05) is 5.41 Å². The molecule has 158 valence electrons. The number of nitrogen functional groups attached to an aromatic ring is 1. The van der Waals surface area contributed by atoms with Gasteiger partial charge in [0.2, 0.25) is 5.91 Å². The van der Waals surface area contributed by atoms with Crippen molar-refractivity contribution in [1.82, 2.24) is 20.5 Å². The number of carboxylic acids is 1. The number of carbonyl (C=O) groups is 3. The molecule has 1 aromatic rings. The zero-order chi connectivity index (χ0) is 21.3. The highest BCUT2D eigenvalue weighted by Crippen LogP contribution is 2.43. The van der Waals surface area contributed by atoms with Crippen molar-refractivity contribution in [2.45, 2.75) is 17.8 Å². The summed E-state index contributed by atoms with van der Waals surface area (Å²) in [6.07, 6.45) is 1.66. The number of thiazole rings is 1. The third-order valence-electron chi connectivity index (χ3n) is 4.54. The summed E-state index contributed by atoms with van der Waals surface area (Å²) in [4.78, 5) is 46.9. The zero-order valence-corrected chi connectivity index (χ0v) is 18.0. The lowest BCUT2D eigenvalue weighted by Crippen LogP contribution is -2.70. The van der Waals surface area contributed by atoms with Crippen molar-refractivity contribution in [3.8, 4) is 0 Å². The first-order valence-electron chi connectivity index (χ1n) is 8.90. The van der Waals surface area contributed by atoms with Gasteiger partial charge in [-0.2, -0.15) is 0 Å². The normalized spacial score (nSPS) is 24.3. The van der Waals surface area contributed by atoms with Gasteiger partial charge >= 0.3 is 5.97 Å². The number of fused-ring (bicyclic) bond motifs is 1. The fraction of sp³-hybridized carbons (Fsp3) is 0.353. The smallest absolute Gasteiger partial charge is 0.353 e. The van der Waals surface area contributed by atoms with E-state index < -0.39 is 23.3 Å². The highest BCUT2D eigenvalue weighted by molar-refractivity contribution is 8.08. The second-order valence-electron chi connectivity index (χ2n) is 6.63. The van der Waals surface area contributed by atoms with Gasteiger partial charge in [-0.1, -0.05) is 11.8 Å². The molecule has 0 saturated carbocycles. The lowest BCUT2D eigenvalue weighted by atomic mass is 10.0. The summed E-state index contributed by atoms with van der Waals surface area (Å²) in [5, 5.41) is 18.9. The van der Waals surface area contributed by atoms with Gasteiger partial charge in [0, 0.05) is 22.6 Å². The second-order valence-corrected chi connectivity index (χ2v) is 9.59. The van der Waals surface area contributed by atoms with E-state index in [1.165, 1.54) is 39.8 Å². The minimum atomic E-state index is -1.16. The Bertz CT molecular complexity index is 988. The largest absolute Gasteiger partial charge is 0.477 e. The predicted octanol–water partition coefficient (Wildman–Crippen LogP) is 0.213. The molecule has 0 radical (unpaired) electrons. The monoisotopic (exact) mass is 466 g/mol. The van der Waals surface area contributed by atoms with E-state index in [9.17, 15) is 19.5 Å².